The minimum Gasteiger partial charge on any atom is -0.466 e. The van der Waals surface area contributed by atoms with Crippen molar-refractivity contribution >= 4 is 11.9 Å². The van der Waals surface area contributed by atoms with Crippen LogP contribution in [-0.4, -0.2) is 60.9 Å². The van der Waals surface area contributed by atoms with E-state index in [4.69, 9.17) is 9.47 Å². The Morgan fingerprint density at radius 2 is 1.00 bits per heavy atom. The summed E-state index contributed by atoms with van der Waals surface area (Å²) in [6, 6.07) is 0. The molecule has 0 spiro atoms. The minimum atomic E-state index is -0.0229. The lowest BCUT2D eigenvalue weighted by Crippen LogP contribution is -2.28. The number of aliphatic hydroxyl groups is 1. The van der Waals surface area contributed by atoms with Crippen LogP contribution >= 0.6 is 0 Å². The van der Waals surface area contributed by atoms with Gasteiger partial charge in [-0.2, -0.15) is 0 Å². The monoisotopic (exact) mass is 750 g/mol. The fourth-order valence-electron chi connectivity index (χ4n) is 7.90. The molecule has 53 heavy (non-hydrogen) atoms. The summed E-state index contributed by atoms with van der Waals surface area (Å²) >= 11 is 0. The van der Waals surface area contributed by atoms with E-state index in [1.165, 1.54) is 167 Å². The minimum absolute atomic E-state index is 0.0229. The molecular weight excluding hydrogens is 659 g/mol. The highest BCUT2D eigenvalue weighted by Gasteiger charge is 2.41. The quantitative estimate of drug-likeness (QED) is 0.0495. The van der Waals surface area contributed by atoms with Gasteiger partial charge in [0.25, 0.3) is 0 Å². The molecule has 1 rings (SSSR count). The predicted octanol–water partition coefficient (Wildman–Crippen LogP) is 13.4. The molecule has 0 aromatic carbocycles. The fourth-order valence-corrected chi connectivity index (χ4v) is 7.90. The Balaban J connectivity index is 2.22. The normalized spacial score (nSPS) is 13.6. The van der Waals surface area contributed by atoms with Crippen LogP contribution in [0.15, 0.2) is 0 Å². The fraction of sp³-hybridized carbons (Fsp3) is 0.957. The van der Waals surface area contributed by atoms with Crippen LogP contribution in [0, 0.1) is 5.41 Å². The number of rotatable bonds is 42. The predicted molar refractivity (Wildman–Crippen MR) is 225 cm³/mol. The summed E-state index contributed by atoms with van der Waals surface area (Å²) in [5.74, 6) is 0.0254. The molecule has 1 aliphatic carbocycles. The van der Waals surface area contributed by atoms with Gasteiger partial charge in [0.1, 0.15) is 6.10 Å². The molecule has 0 amide bonds. The Morgan fingerprint density at radius 3 is 1.55 bits per heavy atom. The number of nitrogens with zero attached hydrogens (tertiary/aromatic N) is 1. The standard InChI is InChI=1S/C47H91NO5/c1-4-7-10-13-16-22-29-43-52-45(50)33-25-20-17-21-27-39-48(41-30-42-49)40-28-26-35-47(37-38-47)36-34-46(51)53-44(31-23-18-14-11-8-5-2)32-24-19-15-12-9-6-3/h44,49H,4-43H2,1-3H3. The van der Waals surface area contributed by atoms with Gasteiger partial charge < -0.3 is 19.5 Å². The van der Waals surface area contributed by atoms with Gasteiger partial charge in [-0.3, -0.25) is 9.59 Å². The second kappa shape index (κ2) is 36.5. The van der Waals surface area contributed by atoms with E-state index in [1.807, 2.05) is 0 Å². The molecular formula is C47H91NO5. The van der Waals surface area contributed by atoms with Gasteiger partial charge in [0.15, 0.2) is 0 Å². The van der Waals surface area contributed by atoms with E-state index in [-0.39, 0.29) is 24.6 Å². The Bertz CT molecular complexity index is 799. The van der Waals surface area contributed by atoms with Crippen LogP contribution in [0.1, 0.15) is 245 Å². The number of aliphatic hydroxyl groups excluding tert-OH is 1. The average molecular weight is 750 g/mol. The molecule has 0 bridgehead atoms. The molecule has 0 saturated heterocycles. The molecule has 0 aliphatic heterocycles. The molecule has 1 N–H and O–H groups in total. The Morgan fingerprint density at radius 1 is 0.528 bits per heavy atom. The molecule has 314 valence electrons. The van der Waals surface area contributed by atoms with Crippen molar-refractivity contribution in [3.8, 4) is 0 Å². The highest BCUT2D eigenvalue weighted by Crippen LogP contribution is 2.53. The van der Waals surface area contributed by atoms with E-state index in [2.05, 4.69) is 25.7 Å². The zero-order valence-corrected chi connectivity index (χ0v) is 35.9. The molecule has 6 heteroatoms. The van der Waals surface area contributed by atoms with Gasteiger partial charge in [-0.05, 0) is 102 Å². The van der Waals surface area contributed by atoms with E-state index in [9.17, 15) is 14.7 Å². The summed E-state index contributed by atoms with van der Waals surface area (Å²) in [6.45, 7) is 10.8. The lowest BCUT2D eigenvalue weighted by atomic mass is 9.93. The molecule has 1 saturated carbocycles. The van der Waals surface area contributed by atoms with Crippen LogP contribution in [0.2, 0.25) is 0 Å². The summed E-state index contributed by atoms with van der Waals surface area (Å²) in [5.41, 5.74) is 0.378. The molecule has 0 atom stereocenters. The van der Waals surface area contributed by atoms with Crippen LogP contribution < -0.4 is 0 Å². The number of ether oxygens (including phenoxy) is 2. The molecule has 1 fully saturated rings. The maximum Gasteiger partial charge on any atom is 0.306 e. The third kappa shape index (κ3) is 31.7. The van der Waals surface area contributed by atoms with Gasteiger partial charge in [0.2, 0.25) is 0 Å². The molecule has 0 radical (unpaired) electrons. The van der Waals surface area contributed by atoms with Gasteiger partial charge in [-0.25, -0.2) is 0 Å². The second-order valence-electron chi connectivity index (χ2n) is 17.0. The Kier molecular flexibility index (Phi) is 34.3. The van der Waals surface area contributed by atoms with Crippen molar-refractivity contribution in [3.05, 3.63) is 0 Å². The van der Waals surface area contributed by atoms with E-state index < -0.39 is 0 Å². The van der Waals surface area contributed by atoms with Gasteiger partial charge in [-0.15, -0.1) is 0 Å². The lowest BCUT2D eigenvalue weighted by Gasteiger charge is -2.23. The first-order valence-electron chi connectivity index (χ1n) is 23.7. The number of unbranched alkanes of at least 4 members (excludes halogenated alkanes) is 21. The molecule has 0 aromatic rings. The largest absolute Gasteiger partial charge is 0.466 e. The Hall–Kier alpha value is -1.14. The number of hydrogen-bond donors (Lipinski definition) is 1. The van der Waals surface area contributed by atoms with Crippen molar-refractivity contribution < 1.29 is 24.2 Å². The molecule has 0 aromatic heterocycles. The third-order valence-electron chi connectivity index (χ3n) is 11.8. The van der Waals surface area contributed by atoms with Crippen molar-refractivity contribution in [1.29, 1.82) is 0 Å². The second-order valence-corrected chi connectivity index (χ2v) is 17.0. The van der Waals surface area contributed by atoms with Gasteiger partial charge in [0, 0.05) is 26.0 Å². The van der Waals surface area contributed by atoms with Crippen molar-refractivity contribution in [3.63, 3.8) is 0 Å². The topological polar surface area (TPSA) is 76.1 Å². The van der Waals surface area contributed by atoms with Gasteiger partial charge in [-0.1, -0.05) is 149 Å². The number of esters is 2. The lowest BCUT2D eigenvalue weighted by molar-refractivity contribution is -0.150. The zero-order valence-electron chi connectivity index (χ0n) is 35.9. The van der Waals surface area contributed by atoms with Gasteiger partial charge >= 0.3 is 11.9 Å². The van der Waals surface area contributed by atoms with Crippen molar-refractivity contribution in [2.45, 2.75) is 252 Å². The highest BCUT2D eigenvalue weighted by atomic mass is 16.5. The van der Waals surface area contributed by atoms with Crippen molar-refractivity contribution in [2.24, 2.45) is 5.41 Å². The SMILES string of the molecule is CCCCCCCCCOC(=O)CCCCCCCN(CCCO)CCCCC1(CCC(=O)OC(CCCCCCCC)CCCCCCCC)CC1. The van der Waals surface area contributed by atoms with E-state index in [0.717, 1.165) is 64.6 Å². The van der Waals surface area contributed by atoms with E-state index in [0.29, 0.717) is 24.9 Å². The van der Waals surface area contributed by atoms with Crippen LogP contribution in [0.3, 0.4) is 0 Å². The van der Waals surface area contributed by atoms with Crippen LogP contribution in [0.5, 0.6) is 0 Å². The summed E-state index contributed by atoms with van der Waals surface area (Å²) in [7, 11) is 0. The summed E-state index contributed by atoms with van der Waals surface area (Å²) in [5, 5.41) is 9.46. The number of hydrogen-bond acceptors (Lipinski definition) is 6. The molecule has 6 nitrogen and oxygen atoms in total. The van der Waals surface area contributed by atoms with E-state index in [1.54, 1.807) is 0 Å². The van der Waals surface area contributed by atoms with Crippen molar-refractivity contribution in [2.75, 3.05) is 32.8 Å². The highest BCUT2D eigenvalue weighted by molar-refractivity contribution is 5.69. The van der Waals surface area contributed by atoms with E-state index >= 15 is 0 Å². The van der Waals surface area contributed by atoms with Gasteiger partial charge in [0.05, 0.1) is 6.61 Å². The first-order valence-corrected chi connectivity index (χ1v) is 23.7. The van der Waals surface area contributed by atoms with Crippen LogP contribution in [-0.2, 0) is 19.1 Å². The molecule has 0 unspecified atom stereocenters. The third-order valence-corrected chi connectivity index (χ3v) is 11.8. The first-order chi connectivity index (χ1) is 26.0. The van der Waals surface area contributed by atoms with Crippen LogP contribution in [0.25, 0.3) is 0 Å². The zero-order chi connectivity index (χ0) is 38.5. The Labute approximate surface area is 330 Å². The maximum atomic E-state index is 13.0. The van der Waals surface area contributed by atoms with Crippen LogP contribution in [0.4, 0.5) is 0 Å². The summed E-state index contributed by atoms with van der Waals surface area (Å²) < 4.78 is 11.6. The smallest absolute Gasteiger partial charge is 0.306 e. The summed E-state index contributed by atoms with van der Waals surface area (Å²) in [4.78, 5) is 27.6. The maximum absolute atomic E-state index is 13.0. The summed E-state index contributed by atoms with van der Waals surface area (Å²) in [6.07, 6.45) is 41.1. The molecule has 1 aliphatic rings. The van der Waals surface area contributed by atoms with Crippen molar-refractivity contribution in [1.82, 2.24) is 4.90 Å². The first kappa shape index (κ1) is 49.9. The molecule has 0 heterocycles. The number of carbonyl (C=O) groups is 2. The average Bonchev–Trinajstić information content (AvgIpc) is 3.94. The number of carbonyl (C=O) groups excluding carboxylic acids is 2.